The SMILES string of the molecule is CCCN(CCCOc1ccccc1)CCC(=O)O.Cl. The summed E-state index contributed by atoms with van der Waals surface area (Å²) in [5.41, 5.74) is 0. The smallest absolute Gasteiger partial charge is 0.304 e. The van der Waals surface area contributed by atoms with E-state index in [-0.39, 0.29) is 18.8 Å². The van der Waals surface area contributed by atoms with Gasteiger partial charge in [-0.25, -0.2) is 0 Å². The van der Waals surface area contributed by atoms with Crippen LogP contribution in [0.15, 0.2) is 30.3 Å². The summed E-state index contributed by atoms with van der Waals surface area (Å²) in [7, 11) is 0. The number of nitrogens with zero attached hydrogens (tertiary/aromatic N) is 1. The third-order valence-corrected chi connectivity index (χ3v) is 2.81. The number of ether oxygens (including phenoxy) is 1. The van der Waals surface area contributed by atoms with E-state index in [4.69, 9.17) is 9.84 Å². The molecule has 0 atom stereocenters. The van der Waals surface area contributed by atoms with Gasteiger partial charge in [-0.3, -0.25) is 4.79 Å². The highest BCUT2D eigenvalue weighted by atomic mass is 35.5. The summed E-state index contributed by atoms with van der Waals surface area (Å²) in [6, 6.07) is 9.74. The maximum Gasteiger partial charge on any atom is 0.304 e. The van der Waals surface area contributed by atoms with Crippen LogP contribution in [0.25, 0.3) is 0 Å². The van der Waals surface area contributed by atoms with E-state index < -0.39 is 5.97 Å². The van der Waals surface area contributed by atoms with E-state index in [0.29, 0.717) is 13.2 Å². The van der Waals surface area contributed by atoms with Crippen molar-refractivity contribution in [2.24, 2.45) is 0 Å². The summed E-state index contributed by atoms with van der Waals surface area (Å²) in [5, 5.41) is 8.70. The zero-order valence-corrected chi connectivity index (χ0v) is 12.8. The Morgan fingerprint density at radius 1 is 1.20 bits per heavy atom. The Kier molecular flexibility index (Phi) is 10.8. The number of benzene rings is 1. The fourth-order valence-corrected chi connectivity index (χ4v) is 1.90. The average Bonchev–Trinajstić information content (AvgIpc) is 2.41. The minimum Gasteiger partial charge on any atom is -0.494 e. The molecule has 20 heavy (non-hydrogen) atoms. The number of carboxylic acids is 1. The fourth-order valence-electron chi connectivity index (χ4n) is 1.90. The van der Waals surface area contributed by atoms with Gasteiger partial charge in [-0.15, -0.1) is 12.4 Å². The normalized spacial score (nSPS) is 10.1. The molecular weight excluding hydrogens is 278 g/mol. The molecule has 0 aliphatic carbocycles. The summed E-state index contributed by atoms with van der Waals surface area (Å²) >= 11 is 0. The minimum atomic E-state index is -0.735. The molecule has 0 radical (unpaired) electrons. The van der Waals surface area contributed by atoms with Crippen molar-refractivity contribution in [2.45, 2.75) is 26.2 Å². The van der Waals surface area contributed by atoms with Crippen LogP contribution in [0.1, 0.15) is 26.2 Å². The van der Waals surface area contributed by atoms with Gasteiger partial charge < -0.3 is 14.7 Å². The van der Waals surface area contributed by atoms with Crippen LogP contribution in [0, 0.1) is 0 Å². The molecule has 5 heteroatoms. The molecule has 0 amide bonds. The number of halogens is 1. The van der Waals surface area contributed by atoms with Crippen molar-refractivity contribution < 1.29 is 14.6 Å². The van der Waals surface area contributed by atoms with Crippen molar-refractivity contribution in [1.82, 2.24) is 4.90 Å². The minimum absolute atomic E-state index is 0. The number of carboxylic acid groups (broad SMARTS) is 1. The van der Waals surface area contributed by atoms with Gasteiger partial charge in [0, 0.05) is 13.1 Å². The van der Waals surface area contributed by atoms with Crippen LogP contribution >= 0.6 is 12.4 Å². The predicted octanol–water partition coefficient (Wildman–Crippen LogP) is 3.06. The Bertz CT molecular complexity index is 359. The number of hydrogen-bond donors (Lipinski definition) is 1. The van der Waals surface area contributed by atoms with Crippen LogP contribution < -0.4 is 4.74 Å². The van der Waals surface area contributed by atoms with Crippen LogP contribution in [-0.2, 0) is 4.79 Å². The number of hydrogen-bond acceptors (Lipinski definition) is 3. The van der Waals surface area contributed by atoms with Gasteiger partial charge in [0.25, 0.3) is 0 Å². The molecule has 0 aliphatic heterocycles. The molecule has 1 aromatic carbocycles. The fraction of sp³-hybridized carbons (Fsp3) is 0.533. The molecule has 0 heterocycles. The lowest BCUT2D eigenvalue weighted by Gasteiger charge is -2.20. The first-order valence-corrected chi connectivity index (χ1v) is 6.84. The molecule has 0 saturated heterocycles. The largest absolute Gasteiger partial charge is 0.494 e. The zero-order valence-electron chi connectivity index (χ0n) is 12.0. The van der Waals surface area contributed by atoms with Crippen molar-refractivity contribution in [3.8, 4) is 5.75 Å². The van der Waals surface area contributed by atoms with E-state index in [0.717, 1.165) is 31.7 Å². The van der Waals surface area contributed by atoms with Crippen molar-refractivity contribution in [1.29, 1.82) is 0 Å². The Morgan fingerprint density at radius 2 is 1.90 bits per heavy atom. The zero-order chi connectivity index (χ0) is 13.9. The van der Waals surface area contributed by atoms with Crippen LogP contribution in [0.3, 0.4) is 0 Å². The standard InChI is InChI=1S/C15H23NO3.ClH/c1-2-10-16(12-9-15(17)18)11-6-13-19-14-7-4-3-5-8-14;/h3-5,7-8H,2,6,9-13H2,1H3,(H,17,18);1H. The molecule has 114 valence electrons. The first kappa shape index (κ1) is 18.7. The van der Waals surface area contributed by atoms with Gasteiger partial charge in [0.1, 0.15) is 5.75 Å². The van der Waals surface area contributed by atoms with E-state index in [1.807, 2.05) is 30.3 Å². The van der Waals surface area contributed by atoms with E-state index in [9.17, 15) is 4.79 Å². The summed E-state index contributed by atoms with van der Waals surface area (Å²) < 4.78 is 5.62. The van der Waals surface area contributed by atoms with E-state index in [1.165, 1.54) is 0 Å². The van der Waals surface area contributed by atoms with Gasteiger partial charge in [0.15, 0.2) is 0 Å². The molecule has 0 bridgehead atoms. The molecule has 0 saturated carbocycles. The third-order valence-electron chi connectivity index (χ3n) is 2.81. The molecule has 4 nitrogen and oxygen atoms in total. The maximum atomic E-state index is 10.6. The number of aliphatic carboxylic acids is 1. The molecular formula is C15H24ClNO3. The number of carbonyl (C=O) groups is 1. The maximum absolute atomic E-state index is 10.6. The molecule has 1 N–H and O–H groups in total. The van der Waals surface area contributed by atoms with E-state index in [1.54, 1.807) is 0 Å². The number of rotatable bonds is 10. The molecule has 0 aliphatic rings. The first-order valence-electron chi connectivity index (χ1n) is 6.84. The quantitative estimate of drug-likeness (QED) is 0.675. The second kappa shape index (κ2) is 11.6. The van der Waals surface area contributed by atoms with Crippen molar-refractivity contribution >= 4 is 18.4 Å². The van der Waals surface area contributed by atoms with Crippen molar-refractivity contribution in [3.63, 3.8) is 0 Å². The number of para-hydroxylation sites is 1. The highest BCUT2D eigenvalue weighted by Crippen LogP contribution is 2.08. The van der Waals surface area contributed by atoms with Gasteiger partial charge in [-0.1, -0.05) is 25.1 Å². The molecule has 0 fully saturated rings. The van der Waals surface area contributed by atoms with Crippen LogP contribution in [0.4, 0.5) is 0 Å². The summed E-state index contributed by atoms with van der Waals surface area (Å²) in [4.78, 5) is 12.8. The van der Waals surface area contributed by atoms with Gasteiger partial charge in [-0.05, 0) is 31.5 Å². The highest BCUT2D eigenvalue weighted by molar-refractivity contribution is 5.85. The van der Waals surface area contributed by atoms with Gasteiger partial charge in [-0.2, -0.15) is 0 Å². The van der Waals surface area contributed by atoms with Gasteiger partial charge in [0.2, 0.25) is 0 Å². The molecule has 0 aromatic heterocycles. The van der Waals surface area contributed by atoms with E-state index in [2.05, 4.69) is 11.8 Å². The highest BCUT2D eigenvalue weighted by Gasteiger charge is 2.06. The lowest BCUT2D eigenvalue weighted by molar-refractivity contribution is -0.137. The second-order valence-corrected chi connectivity index (χ2v) is 4.50. The third kappa shape index (κ3) is 8.77. The summed E-state index contributed by atoms with van der Waals surface area (Å²) in [5.74, 6) is 0.150. The van der Waals surface area contributed by atoms with Crippen LogP contribution in [-0.4, -0.2) is 42.2 Å². The summed E-state index contributed by atoms with van der Waals surface area (Å²) in [6.45, 7) is 5.21. The van der Waals surface area contributed by atoms with Crippen molar-refractivity contribution in [2.75, 3.05) is 26.2 Å². The average molecular weight is 302 g/mol. The van der Waals surface area contributed by atoms with Crippen LogP contribution in [0.5, 0.6) is 5.75 Å². The predicted molar refractivity (Wildman–Crippen MR) is 82.8 cm³/mol. The Hall–Kier alpha value is -1.26. The summed E-state index contributed by atoms with van der Waals surface area (Å²) in [6.07, 6.45) is 2.16. The molecule has 0 spiro atoms. The Balaban J connectivity index is 0.00000361. The molecule has 1 aromatic rings. The molecule has 1 rings (SSSR count). The second-order valence-electron chi connectivity index (χ2n) is 4.50. The lowest BCUT2D eigenvalue weighted by Crippen LogP contribution is -2.29. The van der Waals surface area contributed by atoms with Crippen molar-refractivity contribution in [3.05, 3.63) is 30.3 Å². The first-order chi connectivity index (χ1) is 9.22. The van der Waals surface area contributed by atoms with E-state index >= 15 is 0 Å². The topological polar surface area (TPSA) is 49.8 Å². The van der Waals surface area contributed by atoms with Gasteiger partial charge >= 0.3 is 5.97 Å². The Labute approximate surface area is 127 Å². The Morgan fingerprint density at radius 3 is 2.50 bits per heavy atom. The lowest BCUT2D eigenvalue weighted by atomic mass is 10.3. The molecule has 0 unspecified atom stereocenters. The van der Waals surface area contributed by atoms with Crippen LogP contribution in [0.2, 0.25) is 0 Å². The van der Waals surface area contributed by atoms with Gasteiger partial charge in [0.05, 0.1) is 13.0 Å². The monoisotopic (exact) mass is 301 g/mol.